The van der Waals surface area contributed by atoms with Crippen molar-refractivity contribution in [1.82, 2.24) is 15.1 Å². The predicted octanol–water partition coefficient (Wildman–Crippen LogP) is 0.574. The van der Waals surface area contributed by atoms with Crippen LogP contribution in [0.4, 0.5) is 5.69 Å². The molecule has 106 valence electrons. The van der Waals surface area contributed by atoms with Gasteiger partial charge in [0.1, 0.15) is 4.47 Å². The standard InChI is InChI=1S/C12H19BrN4O2/c1-3-6-17-12(19)11(13)10(8-16-17)15-5-4-14-7-9(2)18/h3,8-9,14-15,18H,1,4-7H2,2H3. The molecule has 19 heavy (non-hydrogen) atoms. The molecular weight excluding hydrogens is 312 g/mol. The fourth-order valence-electron chi connectivity index (χ4n) is 1.44. The number of nitrogens with zero attached hydrogens (tertiary/aromatic N) is 2. The lowest BCUT2D eigenvalue weighted by Gasteiger charge is -2.11. The fraction of sp³-hybridized carbons (Fsp3) is 0.500. The SMILES string of the molecule is C=CCn1ncc(NCCNCC(C)O)c(Br)c1=O. The summed E-state index contributed by atoms with van der Waals surface area (Å²) in [5, 5.41) is 19.3. The van der Waals surface area contributed by atoms with Crippen molar-refractivity contribution in [3.63, 3.8) is 0 Å². The summed E-state index contributed by atoms with van der Waals surface area (Å²) in [5.41, 5.74) is 0.464. The van der Waals surface area contributed by atoms with Crippen LogP contribution in [0.3, 0.4) is 0 Å². The number of aromatic nitrogens is 2. The molecule has 0 fully saturated rings. The van der Waals surface area contributed by atoms with E-state index >= 15 is 0 Å². The van der Waals surface area contributed by atoms with Crippen molar-refractivity contribution < 1.29 is 5.11 Å². The summed E-state index contributed by atoms with van der Waals surface area (Å²) >= 11 is 3.26. The second kappa shape index (κ2) is 8.08. The lowest BCUT2D eigenvalue weighted by molar-refractivity contribution is 0.192. The van der Waals surface area contributed by atoms with Crippen LogP contribution >= 0.6 is 15.9 Å². The number of aliphatic hydroxyl groups excluding tert-OH is 1. The molecule has 0 radical (unpaired) electrons. The van der Waals surface area contributed by atoms with Crippen molar-refractivity contribution in [2.45, 2.75) is 19.6 Å². The summed E-state index contributed by atoms with van der Waals surface area (Å²) in [4.78, 5) is 11.9. The molecule has 6 nitrogen and oxygen atoms in total. The van der Waals surface area contributed by atoms with Crippen molar-refractivity contribution in [2.24, 2.45) is 0 Å². The van der Waals surface area contributed by atoms with Gasteiger partial charge in [0.2, 0.25) is 0 Å². The largest absolute Gasteiger partial charge is 0.392 e. The van der Waals surface area contributed by atoms with Crippen molar-refractivity contribution in [3.8, 4) is 0 Å². The van der Waals surface area contributed by atoms with Crippen molar-refractivity contribution >= 4 is 21.6 Å². The van der Waals surface area contributed by atoms with Crippen LogP contribution in [-0.2, 0) is 6.54 Å². The van der Waals surface area contributed by atoms with Gasteiger partial charge in [-0.05, 0) is 22.9 Å². The fourth-order valence-corrected chi connectivity index (χ4v) is 1.88. The van der Waals surface area contributed by atoms with Crippen LogP contribution in [-0.4, -0.2) is 40.6 Å². The van der Waals surface area contributed by atoms with Gasteiger partial charge in [0, 0.05) is 19.6 Å². The van der Waals surface area contributed by atoms with Crippen LogP contribution in [0.1, 0.15) is 6.92 Å². The van der Waals surface area contributed by atoms with E-state index in [4.69, 9.17) is 5.11 Å². The Morgan fingerprint density at radius 2 is 2.37 bits per heavy atom. The maximum absolute atomic E-state index is 11.9. The number of allylic oxidation sites excluding steroid dienone is 1. The molecule has 0 aliphatic carbocycles. The van der Waals surface area contributed by atoms with Crippen LogP contribution in [0.2, 0.25) is 0 Å². The first-order valence-electron chi connectivity index (χ1n) is 6.05. The normalized spacial score (nSPS) is 12.2. The molecule has 1 rings (SSSR count). The molecule has 0 spiro atoms. The Bertz CT molecular complexity index is 473. The average Bonchev–Trinajstić information content (AvgIpc) is 2.37. The topological polar surface area (TPSA) is 79.2 Å². The van der Waals surface area contributed by atoms with Crippen LogP contribution in [0.15, 0.2) is 28.1 Å². The first-order valence-corrected chi connectivity index (χ1v) is 6.84. The van der Waals surface area contributed by atoms with Gasteiger partial charge in [-0.2, -0.15) is 5.10 Å². The van der Waals surface area contributed by atoms with Crippen LogP contribution in [0.5, 0.6) is 0 Å². The van der Waals surface area contributed by atoms with E-state index in [1.807, 2.05) is 0 Å². The molecule has 3 N–H and O–H groups in total. The Morgan fingerprint density at radius 3 is 3.00 bits per heavy atom. The van der Waals surface area contributed by atoms with Crippen LogP contribution in [0.25, 0.3) is 0 Å². The summed E-state index contributed by atoms with van der Waals surface area (Å²) in [5.74, 6) is 0. The molecule has 1 aromatic heterocycles. The van der Waals surface area contributed by atoms with Gasteiger partial charge in [-0.1, -0.05) is 6.08 Å². The van der Waals surface area contributed by atoms with E-state index in [9.17, 15) is 4.79 Å². The number of halogens is 1. The number of aliphatic hydroxyl groups is 1. The maximum atomic E-state index is 11.9. The summed E-state index contributed by atoms with van der Waals surface area (Å²) in [6.07, 6.45) is 2.86. The quantitative estimate of drug-likeness (QED) is 0.480. The van der Waals surface area contributed by atoms with Gasteiger partial charge in [-0.3, -0.25) is 4.79 Å². The smallest absolute Gasteiger partial charge is 0.283 e. The molecular formula is C12H19BrN4O2. The Morgan fingerprint density at radius 1 is 1.63 bits per heavy atom. The van der Waals surface area contributed by atoms with Gasteiger partial charge in [-0.15, -0.1) is 6.58 Å². The van der Waals surface area contributed by atoms with Crippen molar-refractivity contribution in [2.75, 3.05) is 25.0 Å². The molecule has 1 aromatic rings. The van der Waals surface area contributed by atoms with E-state index in [0.717, 1.165) is 0 Å². The first kappa shape index (κ1) is 15.9. The first-order chi connectivity index (χ1) is 9.06. The second-order valence-corrected chi connectivity index (χ2v) is 4.92. The van der Waals surface area contributed by atoms with Crippen LogP contribution in [0, 0.1) is 0 Å². The van der Waals surface area contributed by atoms with E-state index in [0.29, 0.717) is 36.3 Å². The van der Waals surface area contributed by atoms with Crippen molar-refractivity contribution in [3.05, 3.63) is 33.7 Å². The molecule has 1 unspecified atom stereocenters. The molecule has 0 aliphatic rings. The molecule has 0 aromatic carbocycles. The Labute approximate surface area is 120 Å². The highest BCUT2D eigenvalue weighted by Crippen LogP contribution is 2.15. The monoisotopic (exact) mass is 330 g/mol. The summed E-state index contributed by atoms with van der Waals surface area (Å²) in [7, 11) is 0. The Hall–Kier alpha value is -1.18. The molecule has 1 heterocycles. The zero-order valence-corrected chi connectivity index (χ0v) is 12.5. The highest BCUT2D eigenvalue weighted by molar-refractivity contribution is 9.10. The lowest BCUT2D eigenvalue weighted by atomic mass is 10.4. The van der Waals surface area contributed by atoms with Gasteiger partial charge < -0.3 is 15.7 Å². The van der Waals surface area contributed by atoms with Gasteiger partial charge in [0.25, 0.3) is 5.56 Å². The molecule has 0 amide bonds. The van der Waals surface area contributed by atoms with Gasteiger partial charge in [0.05, 0.1) is 24.5 Å². The molecule has 0 saturated carbocycles. The third-order valence-corrected chi connectivity index (χ3v) is 3.11. The highest BCUT2D eigenvalue weighted by Gasteiger charge is 2.07. The minimum absolute atomic E-state index is 0.193. The Kier molecular flexibility index (Phi) is 6.75. The zero-order valence-electron chi connectivity index (χ0n) is 10.9. The van der Waals surface area contributed by atoms with Gasteiger partial charge in [0.15, 0.2) is 0 Å². The molecule has 1 atom stereocenters. The number of hydrogen-bond acceptors (Lipinski definition) is 5. The van der Waals surface area contributed by atoms with Gasteiger partial charge in [-0.25, -0.2) is 4.68 Å². The molecule has 0 saturated heterocycles. The average molecular weight is 331 g/mol. The number of rotatable bonds is 8. The minimum Gasteiger partial charge on any atom is -0.392 e. The lowest BCUT2D eigenvalue weighted by Crippen LogP contribution is -2.30. The summed E-state index contributed by atoms with van der Waals surface area (Å²) in [6.45, 7) is 7.55. The highest BCUT2D eigenvalue weighted by atomic mass is 79.9. The molecule has 7 heteroatoms. The summed E-state index contributed by atoms with van der Waals surface area (Å²) in [6, 6.07) is 0. The maximum Gasteiger partial charge on any atom is 0.283 e. The predicted molar refractivity (Wildman–Crippen MR) is 79.4 cm³/mol. The van der Waals surface area contributed by atoms with Crippen LogP contribution < -0.4 is 16.2 Å². The van der Waals surface area contributed by atoms with Gasteiger partial charge >= 0.3 is 0 Å². The summed E-state index contributed by atoms with van der Waals surface area (Å²) < 4.78 is 1.79. The third kappa shape index (κ3) is 5.14. The van der Waals surface area contributed by atoms with E-state index in [-0.39, 0.29) is 11.7 Å². The number of nitrogens with one attached hydrogen (secondary N) is 2. The van der Waals surface area contributed by atoms with E-state index in [1.54, 1.807) is 19.2 Å². The second-order valence-electron chi connectivity index (χ2n) is 4.13. The minimum atomic E-state index is -0.365. The van der Waals surface area contributed by atoms with E-state index in [1.165, 1.54) is 4.68 Å². The zero-order chi connectivity index (χ0) is 14.3. The van der Waals surface area contributed by atoms with Crippen molar-refractivity contribution in [1.29, 1.82) is 0 Å². The Balaban J connectivity index is 2.53. The van der Waals surface area contributed by atoms with E-state index < -0.39 is 0 Å². The number of hydrogen-bond donors (Lipinski definition) is 3. The number of anilines is 1. The molecule has 0 bridgehead atoms. The van der Waals surface area contributed by atoms with E-state index in [2.05, 4.69) is 38.2 Å². The third-order valence-electron chi connectivity index (χ3n) is 2.34. The molecule has 0 aliphatic heterocycles.